The summed E-state index contributed by atoms with van der Waals surface area (Å²) in [5, 5.41) is 4.90. The zero-order valence-corrected chi connectivity index (χ0v) is 12.3. The molecule has 2 unspecified atom stereocenters. The monoisotopic (exact) mass is 285 g/mol. The van der Waals surface area contributed by atoms with E-state index in [4.69, 9.17) is 22.1 Å². The van der Waals surface area contributed by atoms with Crippen LogP contribution >= 0.6 is 11.6 Å². The van der Waals surface area contributed by atoms with Gasteiger partial charge in [0.15, 0.2) is 0 Å². The van der Waals surface area contributed by atoms with Crippen molar-refractivity contribution in [3.05, 3.63) is 16.4 Å². The van der Waals surface area contributed by atoms with Crippen LogP contribution in [0.25, 0.3) is 0 Å². The predicted octanol–water partition coefficient (Wildman–Crippen LogP) is 1.34. The smallest absolute Gasteiger partial charge is 0.148 e. The first-order valence-corrected chi connectivity index (χ1v) is 6.86. The highest BCUT2D eigenvalue weighted by atomic mass is 35.5. The molecule has 0 spiro atoms. The molecule has 0 radical (unpaired) electrons. The minimum atomic E-state index is -0.625. The van der Waals surface area contributed by atoms with Crippen molar-refractivity contribution in [3.8, 4) is 0 Å². The average molecular weight is 286 g/mol. The summed E-state index contributed by atoms with van der Waals surface area (Å²) < 4.78 is 7.10. The molecule has 0 aromatic carbocycles. The zero-order chi connectivity index (χ0) is 14.2. The lowest BCUT2D eigenvalue weighted by atomic mass is 9.79. The molecule has 0 aliphatic carbocycles. The van der Waals surface area contributed by atoms with E-state index >= 15 is 0 Å². The number of Topliss-reactive ketones (excluding diaryl/α,β-unsaturated/α-hetero) is 1. The number of carbonyl (C=O) groups excluding carboxylic acids is 1. The summed E-state index contributed by atoms with van der Waals surface area (Å²) in [6.45, 7) is 7.18. The fraction of sp³-hybridized carbons (Fsp3) is 0.692. The molecule has 1 aliphatic rings. The zero-order valence-electron chi connectivity index (χ0n) is 11.6. The molecular weight excluding hydrogens is 266 g/mol. The molecule has 2 N–H and O–H groups in total. The fourth-order valence-corrected chi connectivity index (χ4v) is 2.57. The Morgan fingerprint density at radius 2 is 2.37 bits per heavy atom. The molecule has 2 heterocycles. The number of ketones is 1. The highest BCUT2D eigenvalue weighted by molar-refractivity contribution is 6.32. The third-order valence-corrected chi connectivity index (χ3v) is 4.43. The van der Waals surface area contributed by atoms with E-state index in [1.165, 1.54) is 0 Å². The molecule has 2 rings (SSSR count). The molecule has 5 nitrogen and oxygen atoms in total. The number of rotatable bonds is 4. The molecule has 19 heavy (non-hydrogen) atoms. The molecule has 0 saturated carbocycles. The van der Waals surface area contributed by atoms with Crippen molar-refractivity contribution < 1.29 is 9.53 Å². The largest absolute Gasteiger partial charge is 0.379 e. The maximum atomic E-state index is 12.5. The maximum absolute atomic E-state index is 12.5. The van der Waals surface area contributed by atoms with Gasteiger partial charge in [0.25, 0.3) is 0 Å². The molecule has 1 aromatic rings. The van der Waals surface area contributed by atoms with Crippen LogP contribution in [-0.2, 0) is 22.5 Å². The van der Waals surface area contributed by atoms with Gasteiger partial charge >= 0.3 is 0 Å². The van der Waals surface area contributed by atoms with Crippen LogP contribution in [0.2, 0.25) is 5.02 Å². The molecule has 1 fully saturated rings. The van der Waals surface area contributed by atoms with Crippen LogP contribution in [0.1, 0.15) is 25.2 Å². The van der Waals surface area contributed by atoms with Gasteiger partial charge in [-0.2, -0.15) is 5.10 Å². The molecule has 1 aliphatic heterocycles. The number of nitrogens with zero attached hydrogens (tertiary/aromatic N) is 2. The molecule has 6 heteroatoms. The minimum Gasteiger partial charge on any atom is -0.379 e. The van der Waals surface area contributed by atoms with E-state index in [9.17, 15) is 4.79 Å². The number of nitrogens with two attached hydrogens (primary N) is 1. The topological polar surface area (TPSA) is 70.1 Å². The van der Waals surface area contributed by atoms with E-state index in [1.54, 1.807) is 4.68 Å². The number of hydrogen-bond acceptors (Lipinski definition) is 4. The van der Waals surface area contributed by atoms with Gasteiger partial charge in [0, 0.05) is 12.6 Å². The van der Waals surface area contributed by atoms with Crippen molar-refractivity contribution >= 4 is 17.4 Å². The van der Waals surface area contributed by atoms with E-state index < -0.39 is 5.41 Å². The summed E-state index contributed by atoms with van der Waals surface area (Å²) in [6.07, 6.45) is 0.251. The Morgan fingerprint density at radius 3 is 2.89 bits per heavy atom. The van der Waals surface area contributed by atoms with Gasteiger partial charge < -0.3 is 10.5 Å². The number of halogens is 1. The Hall–Kier alpha value is -0.910. The lowest BCUT2D eigenvalue weighted by Gasteiger charge is -2.25. The number of carbonyl (C=O) groups is 1. The van der Waals surface area contributed by atoms with Gasteiger partial charge in [0.1, 0.15) is 5.78 Å². The quantitative estimate of drug-likeness (QED) is 0.906. The SMILES string of the molecule is CCn1nc(C)c(Cl)c1CC(=O)C1(C)COCC1N. The van der Waals surface area contributed by atoms with Crippen LogP contribution in [-0.4, -0.2) is 34.8 Å². The number of hydrogen-bond donors (Lipinski definition) is 1. The first-order valence-electron chi connectivity index (χ1n) is 6.48. The minimum absolute atomic E-state index is 0.0639. The van der Waals surface area contributed by atoms with Gasteiger partial charge in [-0.05, 0) is 20.8 Å². The van der Waals surface area contributed by atoms with Crippen LogP contribution in [0, 0.1) is 12.3 Å². The van der Waals surface area contributed by atoms with Crippen LogP contribution in [0.3, 0.4) is 0 Å². The molecule has 2 atom stereocenters. The van der Waals surface area contributed by atoms with Gasteiger partial charge in [0.2, 0.25) is 0 Å². The predicted molar refractivity (Wildman–Crippen MR) is 73.3 cm³/mol. The summed E-state index contributed by atoms with van der Waals surface area (Å²) in [6, 6.07) is -0.252. The molecular formula is C13H20ClN3O2. The van der Waals surface area contributed by atoms with Crippen molar-refractivity contribution in [2.45, 2.75) is 39.8 Å². The molecule has 0 bridgehead atoms. The van der Waals surface area contributed by atoms with E-state index in [-0.39, 0.29) is 18.2 Å². The van der Waals surface area contributed by atoms with Gasteiger partial charge in [0.05, 0.1) is 41.5 Å². The van der Waals surface area contributed by atoms with Crippen molar-refractivity contribution in [1.29, 1.82) is 0 Å². The van der Waals surface area contributed by atoms with Crippen LogP contribution in [0.15, 0.2) is 0 Å². The Kier molecular flexibility index (Phi) is 3.99. The first kappa shape index (κ1) is 14.5. The van der Waals surface area contributed by atoms with Crippen molar-refractivity contribution in [1.82, 2.24) is 9.78 Å². The third kappa shape index (κ3) is 2.42. The Labute approximate surface area is 118 Å². The highest BCUT2D eigenvalue weighted by Crippen LogP contribution is 2.31. The second-order valence-corrected chi connectivity index (χ2v) is 5.68. The number of ether oxygens (including phenoxy) is 1. The highest BCUT2D eigenvalue weighted by Gasteiger charge is 2.44. The third-order valence-electron chi connectivity index (χ3n) is 3.94. The average Bonchev–Trinajstić information content (AvgIpc) is 2.85. The molecule has 1 aromatic heterocycles. The van der Waals surface area contributed by atoms with E-state index in [0.29, 0.717) is 24.8 Å². The van der Waals surface area contributed by atoms with Gasteiger partial charge in [-0.1, -0.05) is 11.6 Å². The van der Waals surface area contributed by atoms with Crippen LogP contribution in [0.4, 0.5) is 0 Å². The summed E-state index contributed by atoms with van der Waals surface area (Å²) in [7, 11) is 0. The van der Waals surface area contributed by atoms with Crippen molar-refractivity contribution in [3.63, 3.8) is 0 Å². The molecule has 1 saturated heterocycles. The van der Waals surface area contributed by atoms with E-state index in [2.05, 4.69) is 5.10 Å². The Balaban J connectivity index is 2.24. The van der Waals surface area contributed by atoms with E-state index in [1.807, 2.05) is 20.8 Å². The number of aryl methyl sites for hydroxylation is 2. The van der Waals surface area contributed by atoms with Crippen molar-refractivity contribution in [2.75, 3.05) is 13.2 Å². The van der Waals surface area contributed by atoms with Crippen LogP contribution < -0.4 is 5.73 Å². The Morgan fingerprint density at radius 1 is 1.68 bits per heavy atom. The fourth-order valence-electron chi connectivity index (χ4n) is 2.37. The van der Waals surface area contributed by atoms with Crippen molar-refractivity contribution in [2.24, 2.45) is 11.1 Å². The molecule has 106 valence electrons. The summed E-state index contributed by atoms with van der Waals surface area (Å²) >= 11 is 6.23. The second-order valence-electron chi connectivity index (χ2n) is 5.30. The summed E-state index contributed by atoms with van der Waals surface area (Å²) in [5.74, 6) is 0.0639. The summed E-state index contributed by atoms with van der Waals surface area (Å²) in [4.78, 5) is 12.5. The second kappa shape index (κ2) is 5.23. The molecule has 0 amide bonds. The van der Waals surface area contributed by atoms with Gasteiger partial charge in [-0.15, -0.1) is 0 Å². The van der Waals surface area contributed by atoms with Gasteiger partial charge in [-0.25, -0.2) is 0 Å². The van der Waals surface area contributed by atoms with E-state index in [0.717, 1.165) is 11.4 Å². The van der Waals surface area contributed by atoms with Crippen LogP contribution in [0.5, 0.6) is 0 Å². The number of aromatic nitrogens is 2. The van der Waals surface area contributed by atoms with Gasteiger partial charge in [-0.3, -0.25) is 9.48 Å². The maximum Gasteiger partial charge on any atom is 0.148 e. The summed E-state index contributed by atoms with van der Waals surface area (Å²) in [5.41, 5.74) is 6.88. The first-order chi connectivity index (χ1) is 8.90. The normalized spacial score (nSPS) is 26.9. The standard InChI is InChI=1S/C13H20ClN3O2/c1-4-17-9(12(14)8(2)16-17)5-11(18)13(3)7-19-6-10(13)15/h10H,4-7,15H2,1-3H3. The lowest BCUT2D eigenvalue weighted by molar-refractivity contribution is -0.127. The lowest BCUT2D eigenvalue weighted by Crippen LogP contribution is -2.45. The Bertz CT molecular complexity index is 500.